The second-order valence-corrected chi connectivity index (χ2v) is 3.73. The zero-order valence-electron chi connectivity index (χ0n) is 10.6. The van der Waals surface area contributed by atoms with Crippen molar-refractivity contribution in [2.45, 2.75) is 19.8 Å². The summed E-state index contributed by atoms with van der Waals surface area (Å²) in [4.78, 5) is 0. The van der Waals surface area contributed by atoms with E-state index in [-0.39, 0.29) is 0 Å². The Morgan fingerprint density at radius 2 is 1.44 bits per heavy atom. The first-order valence-electron chi connectivity index (χ1n) is 6.39. The maximum absolute atomic E-state index is 5.39. The molecular formula is C12H28N4. The molecule has 96 valence electrons. The van der Waals surface area contributed by atoms with E-state index in [1.165, 1.54) is 6.42 Å². The van der Waals surface area contributed by atoms with Gasteiger partial charge in [0.1, 0.15) is 0 Å². The van der Waals surface area contributed by atoms with Gasteiger partial charge in [0.05, 0.1) is 0 Å². The van der Waals surface area contributed by atoms with Crippen LogP contribution in [0.5, 0.6) is 0 Å². The van der Waals surface area contributed by atoms with E-state index >= 15 is 0 Å². The van der Waals surface area contributed by atoms with Crippen LogP contribution in [0.1, 0.15) is 19.8 Å². The van der Waals surface area contributed by atoms with Crippen LogP contribution < -0.4 is 21.7 Å². The molecule has 0 aromatic rings. The normalized spacial score (nSPS) is 11.4. The van der Waals surface area contributed by atoms with E-state index in [9.17, 15) is 0 Å². The maximum atomic E-state index is 5.39. The molecule has 0 amide bonds. The van der Waals surface area contributed by atoms with Gasteiger partial charge < -0.3 is 21.7 Å². The Hall–Kier alpha value is -0.420. The highest BCUT2D eigenvalue weighted by molar-refractivity contribution is 4.85. The summed E-state index contributed by atoms with van der Waals surface area (Å²) in [5, 5.41) is 9.97. The highest BCUT2D eigenvalue weighted by atomic mass is 14.9. The van der Waals surface area contributed by atoms with Crippen LogP contribution in [0.3, 0.4) is 0 Å². The van der Waals surface area contributed by atoms with Crippen LogP contribution in [0.25, 0.3) is 0 Å². The Kier molecular flexibility index (Phi) is 14.2. The first-order chi connectivity index (χ1) is 7.91. The van der Waals surface area contributed by atoms with Crippen molar-refractivity contribution in [1.29, 1.82) is 0 Å². The van der Waals surface area contributed by atoms with Crippen LogP contribution in [0, 0.1) is 0 Å². The lowest BCUT2D eigenvalue weighted by atomic mass is 10.4. The summed E-state index contributed by atoms with van der Waals surface area (Å²) < 4.78 is 0. The van der Waals surface area contributed by atoms with Crippen molar-refractivity contribution in [1.82, 2.24) is 16.0 Å². The van der Waals surface area contributed by atoms with Crippen molar-refractivity contribution in [2.75, 3.05) is 45.8 Å². The first-order valence-corrected chi connectivity index (χ1v) is 6.39. The van der Waals surface area contributed by atoms with Gasteiger partial charge in [-0.05, 0) is 45.6 Å². The molecule has 0 heterocycles. The summed E-state index contributed by atoms with van der Waals surface area (Å²) >= 11 is 0. The number of rotatable bonds is 12. The van der Waals surface area contributed by atoms with Crippen LogP contribution >= 0.6 is 0 Å². The molecular weight excluding hydrogens is 200 g/mol. The van der Waals surface area contributed by atoms with Gasteiger partial charge >= 0.3 is 0 Å². The highest BCUT2D eigenvalue weighted by Crippen LogP contribution is 1.75. The molecule has 0 aromatic carbocycles. The lowest BCUT2D eigenvalue weighted by molar-refractivity contribution is 0.628. The summed E-state index contributed by atoms with van der Waals surface area (Å²) in [7, 11) is 0. The van der Waals surface area contributed by atoms with E-state index < -0.39 is 0 Å². The van der Waals surface area contributed by atoms with Crippen molar-refractivity contribution < 1.29 is 0 Å². The number of nitrogens with two attached hydrogens (primary N) is 1. The predicted octanol–water partition coefficient (Wildman–Crippen LogP) is 0.0702. The predicted molar refractivity (Wildman–Crippen MR) is 71.7 cm³/mol. The van der Waals surface area contributed by atoms with Crippen molar-refractivity contribution in [3.63, 3.8) is 0 Å². The van der Waals surface area contributed by atoms with Crippen LogP contribution in [0.15, 0.2) is 12.2 Å². The Bertz CT molecular complexity index is 148. The van der Waals surface area contributed by atoms with E-state index in [2.05, 4.69) is 35.0 Å². The molecule has 0 aromatic heterocycles. The second kappa shape index (κ2) is 14.6. The van der Waals surface area contributed by atoms with Crippen LogP contribution in [-0.2, 0) is 0 Å². The Morgan fingerprint density at radius 1 is 0.875 bits per heavy atom. The molecule has 4 nitrogen and oxygen atoms in total. The first kappa shape index (κ1) is 15.6. The molecule has 0 bridgehead atoms. The van der Waals surface area contributed by atoms with Crippen molar-refractivity contribution >= 4 is 0 Å². The third-order valence-electron chi connectivity index (χ3n) is 2.21. The summed E-state index contributed by atoms with van der Waals surface area (Å²) in [5.41, 5.74) is 5.39. The molecule has 0 saturated carbocycles. The highest BCUT2D eigenvalue weighted by Gasteiger charge is 1.85. The number of nitrogens with one attached hydrogen (secondary N) is 3. The topological polar surface area (TPSA) is 62.1 Å². The lowest BCUT2D eigenvalue weighted by Crippen LogP contribution is -2.22. The van der Waals surface area contributed by atoms with Crippen molar-refractivity contribution in [3.8, 4) is 0 Å². The minimum atomic E-state index is 0.768. The van der Waals surface area contributed by atoms with E-state index in [0.717, 1.165) is 52.2 Å². The van der Waals surface area contributed by atoms with Gasteiger partial charge in [-0.2, -0.15) is 0 Å². The van der Waals surface area contributed by atoms with Crippen LogP contribution in [-0.4, -0.2) is 45.8 Å². The number of hydrogen-bond donors (Lipinski definition) is 4. The van der Waals surface area contributed by atoms with E-state index in [1.807, 2.05) is 0 Å². The van der Waals surface area contributed by atoms with E-state index in [4.69, 9.17) is 5.73 Å². The van der Waals surface area contributed by atoms with Gasteiger partial charge in [0.15, 0.2) is 0 Å². The quantitative estimate of drug-likeness (QED) is 0.282. The van der Waals surface area contributed by atoms with Crippen molar-refractivity contribution in [2.24, 2.45) is 5.73 Å². The monoisotopic (exact) mass is 228 g/mol. The smallest absolute Gasteiger partial charge is 0.0135 e. The summed E-state index contributed by atoms with van der Waals surface area (Å²) in [6.45, 7) is 9.07. The molecule has 0 aliphatic rings. The average Bonchev–Trinajstić information content (AvgIpc) is 2.31. The molecule has 0 aliphatic carbocycles. The van der Waals surface area contributed by atoms with Gasteiger partial charge in [-0.3, -0.25) is 0 Å². The fourth-order valence-corrected chi connectivity index (χ4v) is 1.28. The Labute approximate surface area is 100 Å². The van der Waals surface area contributed by atoms with Gasteiger partial charge in [-0.25, -0.2) is 0 Å². The molecule has 0 fully saturated rings. The maximum Gasteiger partial charge on any atom is 0.0135 e. The molecule has 0 aliphatic heterocycles. The van der Waals surface area contributed by atoms with Gasteiger partial charge in [0, 0.05) is 13.1 Å². The van der Waals surface area contributed by atoms with E-state index in [1.54, 1.807) is 0 Å². The second-order valence-electron chi connectivity index (χ2n) is 3.73. The molecule has 5 N–H and O–H groups in total. The molecule has 0 spiro atoms. The molecule has 0 saturated heterocycles. The van der Waals surface area contributed by atoms with Crippen molar-refractivity contribution in [3.05, 3.63) is 12.2 Å². The lowest BCUT2D eigenvalue weighted by Gasteiger charge is -2.02. The Balaban J connectivity index is 2.98. The molecule has 16 heavy (non-hydrogen) atoms. The Morgan fingerprint density at radius 3 is 2.00 bits per heavy atom. The fourth-order valence-electron chi connectivity index (χ4n) is 1.28. The van der Waals surface area contributed by atoms with Gasteiger partial charge in [0.2, 0.25) is 0 Å². The third kappa shape index (κ3) is 13.6. The average molecular weight is 228 g/mol. The van der Waals surface area contributed by atoms with E-state index in [0.29, 0.717) is 0 Å². The standard InChI is InChI=1S/C12H28N4/c1-2-14-11-6-12-16-9-4-3-8-15-10-5-7-13/h3-4,14-16H,2,5-13H2,1H3/b4-3-. The SMILES string of the molecule is CCNCCCNC/C=C\CNCCCN. The number of hydrogen-bond acceptors (Lipinski definition) is 4. The zero-order valence-corrected chi connectivity index (χ0v) is 10.6. The minimum Gasteiger partial charge on any atom is -0.330 e. The molecule has 0 rings (SSSR count). The molecule has 4 heteroatoms. The van der Waals surface area contributed by atoms with Gasteiger partial charge in [-0.1, -0.05) is 19.1 Å². The van der Waals surface area contributed by atoms with Crippen LogP contribution in [0.2, 0.25) is 0 Å². The molecule has 0 unspecified atom stereocenters. The van der Waals surface area contributed by atoms with Gasteiger partial charge in [-0.15, -0.1) is 0 Å². The largest absolute Gasteiger partial charge is 0.330 e. The summed E-state index contributed by atoms with van der Waals surface area (Å²) in [6.07, 6.45) is 6.57. The molecule has 0 atom stereocenters. The fraction of sp³-hybridized carbons (Fsp3) is 0.833. The molecule has 0 radical (unpaired) electrons. The summed E-state index contributed by atoms with van der Waals surface area (Å²) in [5.74, 6) is 0. The third-order valence-corrected chi connectivity index (χ3v) is 2.21. The minimum absolute atomic E-state index is 0.768. The van der Waals surface area contributed by atoms with Gasteiger partial charge in [0.25, 0.3) is 0 Å². The zero-order chi connectivity index (χ0) is 11.9. The van der Waals surface area contributed by atoms with Crippen LogP contribution in [0.4, 0.5) is 0 Å². The summed E-state index contributed by atoms with van der Waals surface area (Å²) in [6, 6.07) is 0.